The second kappa shape index (κ2) is 4.31. The van der Waals surface area contributed by atoms with E-state index >= 15 is 0 Å². The molecule has 0 radical (unpaired) electrons. The predicted molar refractivity (Wildman–Crippen MR) is 65.2 cm³/mol. The molecule has 0 spiro atoms. The minimum Gasteiger partial charge on any atom is -0.395 e. The van der Waals surface area contributed by atoms with Crippen LogP contribution in [0.4, 0.5) is 8.78 Å². The average molecular weight is 270 g/mol. The van der Waals surface area contributed by atoms with Gasteiger partial charge in [-0.05, 0) is 43.6 Å². The first-order chi connectivity index (χ1) is 8.98. The summed E-state index contributed by atoms with van der Waals surface area (Å²) in [5, 5.41) is 0. The van der Waals surface area contributed by atoms with Gasteiger partial charge in [-0.3, -0.25) is 4.90 Å². The van der Waals surface area contributed by atoms with Crippen molar-refractivity contribution < 1.29 is 18.3 Å². The van der Waals surface area contributed by atoms with Crippen molar-refractivity contribution in [1.82, 2.24) is 4.90 Å². The Bertz CT molecular complexity index is 496. The Morgan fingerprint density at radius 2 is 2.11 bits per heavy atom. The van der Waals surface area contributed by atoms with Crippen LogP contribution in [0.15, 0.2) is 18.2 Å². The van der Waals surface area contributed by atoms with Crippen LogP contribution in [0.2, 0.25) is 0 Å². The molecule has 0 aromatic heterocycles. The maximum absolute atomic E-state index is 13.0. The van der Waals surface area contributed by atoms with E-state index in [1.54, 1.807) is 6.07 Å². The molecule has 104 valence electrons. The molecule has 2 heterocycles. The van der Waals surface area contributed by atoms with Crippen molar-refractivity contribution in [3.05, 3.63) is 23.8 Å². The summed E-state index contributed by atoms with van der Waals surface area (Å²) >= 11 is 0. The SMILES string of the molecule is CN1CC(CN)CC1c1ccc2c(c1)OC(F)(F)O2. The zero-order valence-electron chi connectivity index (χ0n) is 10.6. The van der Waals surface area contributed by atoms with Gasteiger partial charge in [-0.15, -0.1) is 8.78 Å². The first kappa shape index (κ1) is 12.6. The van der Waals surface area contributed by atoms with E-state index in [-0.39, 0.29) is 17.5 Å². The summed E-state index contributed by atoms with van der Waals surface area (Å²) in [5.74, 6) is 0.638. The van der Waals surface area contributed by atoms with Crippen LogP contribution in [0, 0.1) is 5.92 Å². The van der Waals surface area contributed by atoms with Crippen LogP contribution in [0.3, 0.4) is 0 Å². The fraction of sp³-hybridized carbons (Fsp3) is 0.538. The van der Waals surface area contributed by atoms with E-state index < -0.39 is 6.29 Å². The summed E-state index contributed by atoms with van der Waals surface area (Å²) in [6.07, 6.45) is -2.62. The highest BCUT2D eigenvalue weighted by Gasteiger charge is 2.43. The molecular weight excluding hydrogens is 254 g/mol. The summed E-state index contributed by atoms with van der Waals surface area (Å²) in [6, 6.07) is 5.17. The number of rotatable bonds is 2. The fourth-order valence-electron chi connectivity index (χ4n) is 2.84. The Morgan fingerprint density at radius 3 is 2.79 bits per heavy atom. The second-order valence-corrected chi connectivity index (χ2v) is 5.17. The molecule has 2 aliphatic rings. The van der Waals surface area contributed by atoms with E-state index in [9.17, 15) is 8.78 Å². The highest BCUT2D eigenvalue weighted by Crippen LogP contribution is 2.44. The van der Waals surface area contributed by atoms with Crippen LogP contribution >= 0.6 is 0 Å². The molecule has 1 fully saturated rings. The molecule has 6 heteroatoms. The highest BCUT2D eigenvalue weighted by atomic mass is 19.3. The first-order valence-electron chi connectivity index (χ1n) is 6.28. The summed E-state index contributed by atoms with van der Waals surface area (Å²) in [5.41, 5.74) is 6.65. The minimum atomic E-state index is -3.55. The van der Waals surface area contributed by atoms with Crippen LogP contribution in [-0.2, 0) is 0 Å². The molecule has 3 rings (SSSR count). The van der Waals surface area contributed by atoms with Gasteiger partial charge >= 0.3 is 6.29 Å². The van der Waals surface area contributed by atoms with Crippen molar-refractivity contribution in [2.75, 3.05) is 20.1 Å². The van der Waals surface area contributed by atoms with E-state index in [4.69, 9.17) is 5.73 Å². The Balaban J connectivity index is 1.84. The summed E-state index contributed by atoms with van der Waals surface area (Å²) in [6.45, 7) is 1.56. The van der Waals surface area contributed by atoms with Gasteiger partial charge in [0.2, 0.25) is 0 Å². The fourth-order valence-corrected chi connectivity index (χ4v) is 2.84. The van der Waals surface area contributed by atoms with Crippen molar-refractivity contribution in [2.24, 2.45) is 11.7 Å². The Kier molecular flexibility index (Phi) is 2.87. The van der Waals surface area contributed by atoms with E-state index in [0.29, 0.717) is 12.5 Å². The van der Waals surface area contributed by atoms with Crippen LogP contribution in [0.25, 0.3) is 0 Å². The van der Waals surface area contributed by atoms with Gasteiger partial charge in [0.25, 0.3) is 0 Å². The highest BCUT2D eigenvalue weighted by molar-refractivity contribution is 5.46. The molecule has 2 aliphatic heterocycles. The van der Waals surface area contributed by atoms with Crippen LogP contribution in [-0.4, -0.2) is 31.3 Å². The molecule has 19 heavy (non-hydrogen) atoms. The summed E-state index contributed by atoms with van der Waals surface area (Å²) < 4.78 is 34.8. The number of hydrogen-bond donors (Lipinski definition) is 1. The van der Waals surface area contributed by atoms with Crippen molar-refractivity contribution >= 4 is 0 Å². The molecule has 2 N–H and O–H groups in total. The molecule has 0 saturated carbocycles. The number of nitrogens with two attached hydrogens (primary N) is 1. The van der Waals surface area contributed by atoms with Gasteiger partial charge in [0.15, 0.2) is 11.5 Å². The normalized spacial score (nSPS) is 28.8. The van der Waals surface area contributed by atoms with Gasteiger partial charge < -0.3 is 15.2 Å². The number of fused-ring (bicyclic) bond motifs is 1. The van der Waals surface area contributed by atoms with E-state index in [1.165, 1.54) is 6.07 Å². The zero-order chi connectivity index (χ0) is 13.6. The van der Waals surface area contributed by atoms with Gasteiger partial charge in [0.05, 0.1) is 0 Å². The molecule has 2 atom stereocenters. The molecule has 0 bridgehead atoms. The lowest BCUT2D eigenvalue weighted by Crippen LogP contribution is -2.25. The largest absolute Gasteiger partial charge is 0.586 e. The lowest BCUT2D eigenvalue weighted by atomic mass is 9.99. The molecule has 1 aromatic rings. The van der Waals surface area contributed by atoms with Gasteiger partial charge in [-0.1, -0.05) is 6.07 Å². The van der Waals surface area contributed by atoms with E-state index in [2.05, 4.69) is 14.4 Å². The van der Waals surface area contributed by atoms with E-state index in [1.807, 2.05) is 13.1 Å². The number of hydrogen-bond acceptors (Lipinski definition) is 4. The summed E-state index contributed by atoms with van der Waals surface area (Å²) in [4.78, 5) is 2.19. The molecule has 2 unspecified atom stereocenters. The number of likely N-dealkylation sites (tertiary alicyclic amines) is 1. The standard InChI is InChI=1S/C13H16F2N2O2/c1-17-7-8(6-16)4-10(17)9-2-3-11-12(5-9)19-13(14,15)18-11/h2-3,5,8,10H,4,6-7,16H2,1H3. The minimum absolute atomic E-state index is 0.0878. The van der Waals surface area contributed by atoms with Gasteiger partial charge in [-0.2, -0.15) is 0 Å². The second-order valence-electron chi connectivity index (χ2n) is 5.17. The smallest absolute Gasteiger partial charge is 0.395 e. The number of alkyl halides is 2. The number of halogens is 2. The van der Waals surface area contributed by atoms with Crippen LogP contribution < -0.4 is 15.2 Å². The predicted octanol–water partition coefficient (Wildman–Crippen LogP) is 1.96. The molecular formula is C13H16F2N2O2. The number of ether oxygens (including phenoxy) is 2. The number of nitrogens with zero attached hydrogens (tertiary/aromatic N) is 1. The summed E-state index contributed by atoms with van der Waals surface area (Å²) in [7, 11) is 2.01. The quantitative estimate of drug-likeness (QED) is 0.892. The molecule has 4 nitrogen and oxygen atoms in total. The van der Waals surface area contributed by atoms with Gasteiger partial charge in [-0.25, -0.2) is 0 Å². The number of benzene rings is 1. The third-order valence-electron chi connectivity index (χ3n) is 3.78. The Morgan fingerprint density at radius 1 is 1.37 bits per heavy atom. The van der Waals surface area contributed by atoms with Crippen molar-refractivity contribution in [2.45, 2.75) is 18.8 Å². The lowest BCUT2D eigenvalue weighted by molar-refractivity contribution is -0.286. The third-order valence-corrected chi connectivity index (χ3v) is 3.78. The monoisotopic (exact) mass is 270 g/mol. The van der Waals surface area contributed by atoms with Crippen LogP contribution in [0.5, 0.6) is 11.5 Å². The Hall–Kier alpha value is -1.40. The zero-order valence-corrected chi connectivity index (χ0v) is 10.6. The van der Waals surface area contributed by atoms with Crippen molar-refractivity contribution in [3.8, 4) is 11.5 Å². The molecule has 0 amide bonds. The maximum atomic E-state index is 13.0. The topological polar surface area (TPSA) is 47.7 Å². The maximum Gasteiger partial charge on any atom is 0.586 e. The Labute approximate surface area is 110 Å². The average Bonchev–Trinajstić information content (AvgIpc) is 2.86. The van der Waals surface area contributed by atoms with Crippen LogP contribution in [0.1, 0.15) is 18.0 Å². The molecule has 1 saturated heterocycles. The van der Waals surface area contributed by atoms with Gasteiger partial charge in [0, 0.05) is 12.6 Å². The van der Waals surface area contributed by atoms with Crippen molar-refractivity contribution in [3.63, 3.8) is 0 Å². The van der Waals surface area contributed by atoms with Gasteiger partial charge in [0.1, 0.15) is 0 Å². The third kappa shape index (κ3) is 2.26. The van der Waals surface area contributed by atoms with Crippen molar-refractivity contribution in [1.29, 1.82) is 0 Å². The first-order valence-corrected chi connectivity index (χ1v) is 6.28. The van der Waals surface area contributed by atoms with E-state index in [0.717, 1.165) is 18.5 Å². The lowest BCUT2D eigenvalue weighted by Gasteiger charge is -2.19. The molecule has 1 aromatic carbocycles. The molecule has 0 aliphatic carbocycles.